The summed E-state index contributed by atoms with van der Waals surface area (Å²) in [5, 5.41) is 0. The molecule has 0 spiro atoms. The van der Waals surface area contributed by atoms with Gasteiger partial charge in [-0.3, -0.25) is 4.98 Å². The van der Waals surface area contributed by atoms with E-state index in [2.05, 4.69) is 9.97 Å². The van der Waals surface area contributed by atoms with Crippen LogP contribution in [0.1, 0.15) is 11.6 Å². The number of rotatable bonds is 3. The molecule has 0 aliphatic rings. The zero-order valence-electron chi connectivity index (χ0n) is 8.60. The van der Waals surface area contributed by atoms with Crippen molar-refractivity contribution < 1.29 is 4.42 Å². The fraction of sp³-hybridized carbons (Fsp3) is 0.273. The van der Waals surface area contributed by atoms with Crippen LogP contribution in [0.15, 0.2) is 29.0 Å². The third-order valence-corrected chi connectivity index (χ3v) is 2.13. The molecule has 15 heavy (non-hydrogen) atoms. The molecule has 0 saturated carbocycles. The van der Waals surface area contributed by atoms with E-state index in [0.717, 1.165) is 23.4 Å². The molecule has 0 amide bonds. The van der Waals surface area contributed by atoms with Gasteiger partial charge >= 0.3 is 0 Å². The summed E-state index contributed by atoms with van der Waals surface area (Å²) in [5.41, 5.74) is 8.32. The molecule has 0 atom stereocenters. The Morgan fingerprint density at radius 2 is 2.33 bits per heavy atom. The van der Waals surface area contributed by atoms with Gasteiger partial charge in [0.05, 0.1) is 0 Å². The fourth-order valence-electron chi connectivity index (χ4n) is 1.42. The van der Waals surface area contributed by atoms with Crippen LogP contribution >= 0.6 is 0 Å². The minimum absolute atomic E-state index is 0.605. The van der Waals surface area contributed by atoms with Crippen molar-refractivity contribution in [1.82, 2.24) is 9.97 Å². The summed E-state index contributed by atoms with van der Waals surface area (Å²) in [4.78, 5) is 8.48. The van der Waals surface area contributed by atoms with Gasteiger partial charge in [-0.25, -0.2) is 4.98 Å². The van der Waals surface area contributed by atoms with E-state index < -0.39 is 0 Å². The predicted octanol–water partition coefficient (Wildman–Crippen LogP) is 1.55. The maximum absolute atomic E-state index is 5.48. The molecule has 2 aromatic heterocycles. The monoisotopic (exact) mass is 203 g/mol. The summed E-state index contributed by atoms with van der Waals surface area (Å²) in [6, 6.07) is 3.90. The molecular formula is C11H13N3O. The highest BCUT2D eigenvalue weighted by atomic mass is 16.3. The van der Waals surface area contributed by atoms with Crippen LogP contribution in [-0.2, 0) is 6.42 Å². The summed E-state index contributed by atoms with van der Waals surface area (Å²) < 4.78 is 5.16. The van der Waals surface area contributed by atoms with Gasteiger partial charge in [-0.05, 0) is 18.7 Å². The number of pyridine rings is 1. The third-order valence-electron chi connectivity index (χ3n) is 2.13. The van der Waals surface area contributed by atoms with E-state index in [-0.39, 0.29) is 0 Å². The lowest BCUT2D eigenvalue weighted by molar-refractivity contribution is 0.521. The van der Waals surface area contributed by atoms with Gasteiger partial charge in [0.15, 0.2) is 5.89 Å². The molecule has 2 heterocycles. The Morgan fingerprint density at radius 3 is 3.00 bits per heavy atom. The van der Waals surface area contributed by atoms with E-state index >= 15 is 0 Å². The van der Waals surface area contributed by atoms with Crippen molar-refractivity contribution in [2.24, 2.45) is 5.73 Å². The molecule has 0 aromatic carbocycles. The van der Waals surface area contributed by atoms with Crippen molar-refractivity contribution in [2.45, 2.75) is 13.3 Å². The van der Waals surface area contributed by atoms with Gasteiger partial charge in [-0.2, -0.15) is 0 Å². The largest absolute Gasteiger partial charge is 0.449 e. The summed E-state index contributed by atoms with van der Waals surface area (Å²) in [6.45, 7) is 2.43. The number of nitrogens with zero attached hydrogens (tertiary/aromatic N) is 2. The number of hydrogen-bond acceptors (Lipinski definition) is 4. The Bertz CT molecular complexity index is 451. The van der Waals surface area contributed by atoms with Crippen molar-refractivity contribution in [3.05, 3.63) is 36.2 Å². The van der Waals surface area contributed by atoms with E-state index in [9.17, 15) is 0 Å². The Labute approximate surface area is 88.2 Å². The summed E-state index contributed by atoms with van der Waals surface area (Å²) in [7, 11) is 0. The van der Waals surface area contributed by atoms with Crippen molar-refractivity contribution in [2.75, 3.05) is 6.54 Å². The fourth-order valence-corrected chi connectivity index (χ4v) is 1.42. The minimum Gasteiger partial charge on any atom is -0.449 e. The van der Waals surface area contributed by atoms with Gasteiger partial charge in [0.1, 0.15) is 12.0 Å². The quantitative estimate of drug-likeness (QED) is 0.821. The van der Waals surface area contributed by atoms with Crippen LogP contribution in [0, 0.1) is 6.92 Å². The number of oxazole rings is 1. The van der Waals surface area contributed by atoms with E-state index in [4.69, 9.17) is 10.2 Å². The van der Waals surface area contributed by atoms with Crippen LogP contribution in [0.5, 0.6) is 0 Å². The van der Waals surface area contributed by atoms with Crippen LogP contribution in [0.3, 0.4) is 0 Å². The van der Waals surface area contributed by atoms with Gasteiger partial charge in [0.2, 0.25) is 0 Å². The highest BCUT2D eigenvalue weighted by Crippen LogP contribution is 2.18. The molecule has 4 nitrogen and oxygen atoms in total. The van der Waals surface area contributed by atoms with E-state index in [0.29, 0.717) is 12.4 Å². The van der Waals surface area contributed by atoms with E-state index in [1.807, 2.05) is 19.1 Å². The highest BCUT2D eigenvalue weighted by molar-refractivity contribution is 5.57. The Balaban J connectivity index is 2.32. The summed E-state index contributed by atoms with van der Waals surface area (Å²) >= 11 is 0. The Morgan fingerprint density at radius 1 is 1.47 bits per heavy atom. The molecule has 78 valence electrons. The van der Waals surface area contributed by atoms with E-state index in [1.165, 1.54) is 0 Å². The van der Waals surface area contributed by atoms with Gasteiger partial charge in [-0.1, -0.05) is 0 Å². The van der Waals surface area contributed by atoms with Crippen molar-refractivity contribution in [3.8, 4) is 11.3 Å². The standard InChI is InChI=1S/C11H13N3O/c1-8-14-11(7-15-8)9-3-5-13-10(6-9)2-4-12/h3,5-7H,2,4,12H2,1H3. The first-order chi connectivity index (χ1) is 7.29. The summed E-state index contributed by atoms with van der Waals surface area (Å²) in [5.74, 6) is 0.669. The van der Waals surface area contributed by atoms with Gasteiger partial charge in [0, 0.05) is 30.8 Å². The zero-order valence-corrected chi connectivity index (χ0v) is 8.60. The molecule has 2 rings (SSSR count). The normalized spacial score (nSPS) is 10.5. The maximum Gasteiger partial charge on any atom is 0.191 e. The van der Waals surface area contributed by atoms with Gasteiger partial charge < -0.3 is 10.2 Å². The first kappa shape index (κ1) is 9.86. The molecule has 0 fully saturated rings. The molecule has 4 heteroatoms. The molecule has 0 saturated heterocycles. The molecule has 0 bridgehead atoms. The Kier molecular flexibility index (Phi) is 2.78. The lowest BCUT2D eigenvalue weighted by Gasteiger charge is -1.99. The van der Waals surface area contributed by atoms with Crippen molar-refractivity contribution in [3.63, 3.8) is 0 Å². The van der Waals surface area contributed by atoms with Crippen molar-refractivity contribution in [1.29, 1.82) is 0 Å². The average molecular weight is 203 g/mol. The van der Waals surface area contributed by atoms with E-state index in [1.54, 1.807) is 12.5 Å². The highest BCUT2D eigenvalue weighted by Gasteiger charge is 2.04. The van der Waals surface area contributed by atoms with Gasteiger partial charge in [-0.15, -0.1) is 0 Å². The number of nitrogens with two attached hydrogens (primary N) is 1. The SMILES string of the molecule is Cc1nc(-c2ccnc(CCN)c2)co1. The molecule has 0 unspecified atom stereocenters. The summed E-state index contributed by atoms with van der Waals surface area (Å²) in [6.07, 6.45) is 4.20. The molecule has 0 radical (unpaired) electrons. The molecule has 0 aliphatic carbocycles. The second kappa shape index (κ2) is 4.23. The van der Waals surface area contributed by atoms with Crippen LogP contribution in [0.25, 0.3) is 11.3 Å². The number of hydrogen-bond donors (Lipinski definition) is 1. The predicted molar refractivity (Wildman–Crippen MR) is 57.2 cm³/mol. The van der Waals surface area contributed by atoms with Crippen LogP contribution in [0.2, 0.25) is 0 Å². The average Bonchev–Trinajstić information content (AvgIpc) is 2.66. The van der Waals surface area contributed by atoms with Crippen LogP contribution < -0.4 is 5.73 Å². The smallest absolute Gasteiger partial charge is 0.191 e. The molecule has 2 N–H and O–H groups in total. The maximum atomic E-state index is 5.48. The second-order valence-corrected chi connectivity index (χ2v) is 3.33. The zero-order chi connectivity index (χ0) is 10.7. The first-order valence-corrected chi connectivity index (χ1v) is 4.87. The lowest BCUT2D eigenvalue weighted by atomic mass is 10.1. The first-order valence-electron chi connectivity index (χ1n) is 4.87. The lowest BCUT2D eigenvalue weighted by Crippen LogP contribution is -2.04. The minimum atomic E-state index is 0.605. The van der Waals surface area contributed by atoms with Crippen LogP contribution in [-0.4, -0.2) is 16.5 Å². The second-order valence-electron chi connectivity index (χ2n) is 3.33. The third kappa shape index (κ3) is 2.22. The molecular weight excluding hydrogens is 190 g/mol. The topological polar surface area (TPSA) is 64.9 Å². The number of aryl methyl sites for hydroxylation is 1. The molecule has 0 aliphatic heterocycles. The molecule has 2 aromatic rings. The Hall–Kier alpha value is -1.68. The number of aromatic nitrogens is 2. The van der Waals surface area contributed by atoms with Gasteiger partial charge in [0.25, 0.3) is 0 Å². The van der Waals surface area contributed by atoms with Crippen molar-refractivity contribution >= 4 is 0 Å². The van der Waals surface area contributed by atoms with Crippen LogP contribution in [0.4, 0.5) is 0 Å².